The normalized spacial score (nSPS) is 19.9. The van der Waals surface area contributed by atoms with E-state index in [9.17, 15) is 0 Å². The number of nitrogens with zero attached hydrogens (tertiary/aromatic N) is 4. The predicted molar refractivity (Wildman–Crippen MR) is 121 cm³/mol. The van der Waals surface area contributed by atoms with Gasteiger partial charge in [0.1, 0.15) is 0 Å². The summed E-state index contributed by atoms with van der Waals surface area (Å²) in [4.78, 5) is 7.61. The van der Waals surface area contributed by atoms with Crippen LogP contribution in [0.3, 0.4) is 0 Å². The van der Waals surface area contributed by atoms with Gasteiger partial charge < -0.3 is 20.0 Å². The van der Waals surface area contributed by atoms with Crippen LogP contribution in [-0.2, 0) is 6.54 Å². The summed E-state index contributed by atoms with van der Waals surface area (Å²) < 4.78 is 0. The van der Waals surface area contributed by atoms with Crippen molar-refractivity contribution in [3.8, 4) is 0 Å². The largest absolute Gasteiger partial charge is 1.00 e. The third-order valence-electron chi connectivity index (χ3n) is 6.91. The van der Waals surface area contributed by atoms with Crippen molar-refractivity contribution in [2.24, 2.45) is 11.8 Å². The van der Waals surface area contributed by atoms with Crippen LogP contribution in [0, 0.1) is 11.8 Å². The Morgan fingerprint density at radius 1 is 1.07 bits per heavy atom. The van der Waals surface area contributed by atoms with Gasteiger partial charge in [-0.2, -0.15) is 0 Å². The standard InChI is InChI=1S/C24H41N4.K/c1-4-21(2)23-10-16-27(17-11-23)15-5-14-26(3)20-22-6-8-24(9-7-22)28-18-12-25-13-19-28;/h6-9,21,23H,4-5,10-20H2,1-3H3;/q-1;+1. The van der Waals surface area contributed by atoms with Crippen LogP contribution in [0.2, 0.25) is 0 Å². The number of rotatable bonds is 9. The van der Waals surface area contributed by atoms with Crippen molar-refractivity contribution in [1.82, 2.24) is 9.80 Å². The van der Waals surface area contributed by atoms with E-state index < -0.39 is 0 Å². The number of hydrogen-bond donors (Lipinski definition) is 0. The van der Waals surface area contributed by atoms with E-state index in [1.165, 1.54) is 63.1 Å². The van der Waals surface area contributed by atoms with Crippen LogP contribution in [0.15, 0.2) is 24.3 Å². The maximum Gasteiger partial charge on any atom is 1.00 e. The molecule has 0 spiro atoms. The molecule has 2 saturated heterocycles. The van der Waals surface area contributed by atoms with Gasteiger partial charge in [-0.1, -0.05) is 32.4 Å². The molecule has 2 fully saturated rings. The molecule has 29 heavy (non-hydrogen) atoms. The van der Waals surface area contributed by atoms with Crippen LogP contribution >= 0.6 is 0 Å². The minimum Gasteiger partial charge on any atom is -0.659 e. The molecular formula is C24H41KN4. The Hall–Kier alpha value is 0.536. The van der Waals surface area contributed by atoms with Gasteiger partial charge in [-0.05, 0) is 95.1 Å². The minimum atomic E-state index is 0. The molecule has 2 aliphatic rings. The van der Waals surface area contributed by atoms with Crippen LogP contribution < -0.4 is 56.3 Å². The van der Waals surface area contributed by atoms with E-state index >= 15 is 0 Å². The third kappa shape index (κ3) is 8.53. The number of benzene rings is 1. The summed E-state index contributed by atoms with van der Waals surface area (Å²) in [7, 11) is 2.26. The third-order valence-corrected chi connectivity index (χ3v) is 6.91. The topological polar surface area (TPSA) is 23.8 Å². The molecule has 0 N–H and O–H groups in total. The van der Waals surface area contributed by atoms with Crippen LogP contribution in [-0.4, -0.2) is 69.2 Å². The molecule has 4 nitrogen and oxygen atoms in total. The van der Waals surface area contributed by atoms with Gasteiger partial charge in [0, 0.05) is 12.2 Å². The quantitative estimate of drug-likeness (QED) is 0.561. The zero-order valence-corrected chi connectivity index (χ0v) is 22.6. The summed E-state index contributed by atoms with van der Waals surface area (Å²) in [6.07, 6.45) is 5.43. The van der Waals surface area contributed by atoms with Crippen molar-refractivity contribution < 1.29 is 51.4 Å². The zero-order chi connectivity index (χ0) is 19.8. The van der Waals surface area contributed by atoms with Gasteiger partial charge in [0.25, 0.3) is 0 Å². The summed E-state index contributed by atoms with van der Waals surface area (Å²) in [6.45, 7) is 15.0. The number of hydrogen-bond acceptors (Lipinski definition) is 3. The Morgan fingerprint density at radius 2 is 1.72 bits per heavy atom. The first-order valence-corrected chi connectivity index (χ1v) is 11.5. The molecule has 1 aromatic rings. The first-order chi connectivity index (χ1) is 13.7. The second-order valence-electron chi connectivity index (χ2n) is 8.98. The summed E-state index contributed by atoms with van der Waals surface area (Å²) >= 11 is 0. The molecule has 0 bridgehead atoms. The Bertz CT molecular complexity index is 551. The Kier molecular flexibility index (Phi) is 12.3. The summed E-state index contributed by atoms with van der Waals surface area (Å²) in [6, 6.07) is 9.18. The van der Waals surface area contributed by atoms with Crippen LogP contribution in [0.25, 0.3) is 5.32 Å². The van der Waals surface area contributed by atoms with E-state index in [2.05, 4.69) is 65.2 Å². The number of piperidine rings is 1. The summed E-state index contributed by atoms with van der Waals surface area (Å²) in [5, 5.41) is 4.44. The average molecular weight is 425 g/mol. The molecule has 1 unspecified atom stereocenters. The average Bonchev–Trinajstić information content (AvgIpc) is 2.75. The van der Waals surface area contributed by atoms with E-state index in [0.29, 0.717) is 0 Å². The van der Waals surface area contributed by atoms with E-state index in [-0.39, 0.29) is 51.4 Å². The molecule has 0 radical (unpaired) electrons. The first-order valence-electron chi connectivity index (χ1n) is 11.5. The van der Waals surface area contributed by atoms with Gasteiger partial charge in [-0.25, -0.2) is 0 Å². The summed E-state index contributed by atoms with van der Waals surface area (Å²) in [5.41, 5.74) is 2.77. The Labute approximate surface area is 222 Å². The monoisotopic (exact) mass is 424 g/mol. The van der Waals surface area contributed by atoms with Gasteiger partial charge >= 0.3 is 51.4 Å². The maximum absolute atomic E-state index is 4.44. The molecule has 2 aliphatic heterocycles. The van der Waals surface area contributed by atoms with Crippen molar-refractivity contribution in [1.29, 1.82) is 0 Å². The van der Waals surface area contributed by atoms with E-state index in [0.717, 1.165) is 44.6 Å². The molecule has 0 aromatic heterocycles. The molecule has 158 valence electrons. The molecule has 1 atom stereocenters. The molecule has 5 heteroatoms. The maximum atomic E-state index is 4.44. The fourth-order valence-electron chi connectivity index (χ4n) is 4.71. The van der Waals surface area contributed by atoms with Gasteiger partial charge in [-0.15, -0.1) is 13.1 Å². The minimum absolute atomic E-state index is 0. The second kappa shape index (κ2) is 13.8. The fourth-order valence-corrected chi connectivity index (χ4v) is 4.71. The van der Waals surface area contributed by atoms with Crippen molar-refractivity contribution >= 4 is 5.69 Å². The van der Waals surface area contributed by atoms with E-state index in [4.69, 9.17) is 0 Å². The van der Waals surface area contributed by atoms with Gasteiger partial charge in [-0.3, -0.25) is 0 Å². The van der Waals surface area contributed by atoms with E-state index in [1.807, 2.05) is 0 Å². The van der Waals surface area contributed by atoms with Gasteiger partial charge in [0.15, 0.2) is 0 Å². The fraction of sp³-hybridized carbons (Fsp3) is 0.750. The second-order valence-corrected chi connectivity index (χ2v) is 8.98. The molecular weight excluding hydrogens is 383 g/mol. The van der Waals surface area contributed by atoms with Crippen molar-refractivity contribution in [2.75, 3.05) is 64.3 Å². The molecule has 0 saturated carbocycles. The zero-order valence-electron chi connectivity index (χ0n) is 19.4. The smallest absolute Gasteiger partial charge is 0.659 e. The predicted octanol–water partition coefficient (Wildman–Crippen LogP) is 1.46. The van der Waals surface area contributed by atoms with Crippen molar-refractivity contribution in [3.63, 3.8) is 0 Å². The number of piperazine rings is 1. The number of likely N-dealkylation sites (tertiary alicyclic amines) is 1. The molecule has 3 rings (SSSR count). The molecule has 1 aromatic carbocycles. The molecule has 0 aliphatic carbocycles. The van der Waals surface area contributed by atoms with Crippen molar-refractivity contribution in [3.05, 3.63) is 35.1 Å². The summed E-state index contributed by atoms with van der Waals surface area (Å²) in [5.74, 6) is 1.87. The first kappa shape index (κ1) is 25.8. The van der Waals surface area contributed by atoms with Crippen LogP contribution in [0.5, 0.6) is 0 Å². The molecule has 0 amide bonds. The van der Waals surface area contributed by atoms with Crippen molar-refractivity contribution in [2.45, 2.75) is 46.1 Å². The molecule has 2 heterocycles. The SMILES string of the molecule is CCC(C)C1CCN(CCCN(C)Cc2ccc(N3CC[N-]CC3)cc2)CC1.[K+]. The number of anilines is 1. The Balaban J connectivity index is 0.00000300. The van der Waals surface area contributed by atoms with Gasteiger partial charge in [0.05, 0.1) is 0 Å². The van der Waals surface area contributed by atoms with E-state index in [1.54, 1.807) is 0 Å². The Morgan fingerprint density at radius 3 is 2.34 bits per heavy atom. The van der Waals surface area contributed by atoms with Gasteiger partial charge in [0.2, 0.25) is 0 Å². The van der Waals surface area contributed by atoms with Crippen LogP contribution in [0.1, 0.15) is 45.1 Å². The van der Waals surface area contributed by atoms with Crippen LogP contribution in [0.4, 0.5) is 5.69 Å².